The number of rotatable bonds is 6. The number of amides is 4. The molecule has 1 aromatic carbocycles. The summed E-state index contributed by atoms with van der Waals surface area (Å²) in [6, 6.07) is 8.81. The van der Waals surface area contributed by atoms with E-state index in [1.165, 1.54) is 7.11 Å². The average Bonchev–Trinajstić information content (AvgIpc) is 3.36. The lowest BCUT2D eigenvalue weighted by Gasteiger charge is -2.19. The lowest BCUT2D eigenvalue weighted by Crippen LogP contribution is -2.31. The van der Waals surface area contributed by atoms with Crippen LogP contribution in [0.2, 0.25) is 0 Å². The molecule has 0 atom stereocenters. The number of anilines is 1. The Bertz CT molecular complexity index is 1000. The molecular formula is C22H27N5O4. The highest BCUT2D eigenvalue weighted by atomic mass is 16.5. The van der Waals surface area contributed by atoms with Gasteiger partial charge in [0.15, 0.2) is 0 Å². The largest absolute Gasteiger partial charge is 0.465 e. The summed E-state index contributed by atoms with van der Waals surface area (Å²) in [7, 11) is 1.38. The molecule has 0 aliphatic carbocycles. The van der Waals surface area contributed by atoms with Crippen LogP contribution in [0, 0.1) is 0 Å². The van der Waals surface area contributed by atoms with Gasteiger partial charge in [0.1, 0.15) is 0 Å². The van der Waals surface area contributed by atoms with Gasteiger partial charge in [-0.25, -0.2) is 14.4 Å². The van der Waals surface area contributed by atoms with Crippen molar-refractivity contribution in [2.45, 2.75) is 38.9 Å². The van der Waals surface area contributed by atoms with Crippen molar-refractivity contribution in [1.29, 1.82) is 0 Å². The Morgan fingerprint density at radius 1 is 1.19 bits per heavy atom. The zero-order chi connectivity index (χ0) is 21.8. The van der Waals surface area contributed by atoms with E-state index in [4.69, 9.17) is 4.74 Å². The molecule has 3 heterocycles. The second kappa shape index (κ2) is 9.11. The molecule has 3 N–H and O–H groups in total. The van der Waals surface area contributed by atoms with Gasteiger partial charge in [-0.05, 0) is 37.0 Å². The van der Waals surface area contributed by atoms with Crippen molar-refractivity contribution in [2.75, 3.05) is 25.5 Å². The smallest absolute Gasteiger partial charge is 0.339 e. The molecular weight excluding hydrogens is 398 g/mol. The molecule has 0 bridgehead atoms. The van der Waals surface area contributed by atoms with Crippen molar-refractivity contribution in [3.63, 3.8) is 0 Å². The number of urea groups is 2. The van der Waals surface area contributed by atoms with E-state index in [1.807, 2.05) is 30.3 Å². The van der Waals surface area contributed by atoms with Gasteiger partial charge in [0.2, 0.25) is 0 Å². The quantitative estimate of drug-likeness (QED) is 0.619. The zero-order valence-corrected chi connectivity index (χ0v) is 17.6. The monoisotopic (exact) mass is 425 g/mol. The van der Waals surface area contributed by atoms with E-state index in [-0.39, 0.29) is 18.0 Å². The number of hydrogen-bond donors (Lipinski definition) is 3. The molecule has 0 radical (unpaired) electrons. The third kappa shape index (κ3) is 4.50. The highest BCUT2D eigenvalue weighted by Crippen LogP contribution is 2.24. The summed E-state index contributed by atoms with van der Waals surface area (Å²) in [5, 5.41) is 8.54. The van der Waals surface area contributed by atoms with Gasteiger partial charge in [0, 0.05) is 43.3 Å². The van der Waals surface area contributed by atoms with E-state index in [0.29, 0.717) is 37.4 Å². The molecule has 1 fully saturated rings. The second-order valence-electron chi connectivity index (χ2n) is 7.71. The van der Waals surface area contributed by atoms with E-state index in [9.17, 15) is 14.4 Å². The maximum atomic E-state index is 12.6. The number of ether oxygens (including phenoxy) is 1. The first kappa shape index (κ1) is 20.8. The van der Waals surface area contributed by atoms with Gasteiger partial charge in [-0.3, -0.25) is 0 Å². The van der Waals surface area contributed by atoms with Crippen molar-refractivity contribution >= 4 is 23.7 Å². The first-order chi connectivity index (χ1) is 15.1. The number of benzene rings is 1. The van der Waals surface area contributed by atoms with Crippen LogP contribution in [0.3, 0.4) is 0 Å². The highest BCUT2D eigenvalue weighted by molar-refractivity contribution is 5.92. The van der Waals surface area contributed by atoms with Gasteiger partial charge in [-0.2, -0.15) is 0 Å². The van der Waals surface area contributed by atoms with Crippen LogP contribution in [-0.4, -0.2) is 47.7 Å². The van der Waals surface area contributed by atoms with Crippen molar-refractivity contribution < 1.29 is 19.1 Å². The van der Waals surface area contributed by atoms with Gasteiger partial charge in [0.25, 0.3) is 0 Å². The third-order valence-corrected chi connectivity index (χ3v) is 5.75. The van der Waals surface area contributed by atoms with Crippen LogP contribution < -0.4 is 16.0 Å². The number of nitrogens with zero attached hydrogens (tertiary/aromatic N) is 2. The van der Waals surface area contributed by atoms with Crippen LogP contribution in [0.15, 0.2) is 30.3 Å². The molecule has 9 nitrogen and oxygen atoms in total. The number of para-hydroxylation sites is 1. The summed E-state index contributed by atoms with van der Waals surface area (Å²) in [5.41, 5.74) is 3.96. The Hall–Kier alpha value is -3.49. The SMILES string of the molecule is COC(=O)c1cc(CNC(=O)Nc2ccccc2CN2CCNC2=O)n2c1CCCC2. The number of esters is 1. The van der Waals surface area contributed by atoms with E-state index >= 15 is 0 Å². The summed E-state index contributed by atoms with van der Waals surface area (Å²) in [5.74, 6) is -0.346. The van der Waals surface area contributed by atoms with Crippen LogP contribution in [-0.2, 0) is 30.8 Å². The number of hydrogen-bond acceptors (Lipinski definition) is 4. The molecule has 1 aromatic heterocycles. The molecule has 1 saturated heterocycles. The topological polar surface area (TPSA) is 105 Å². The first-order valence-corrected chi connectivity index (χ1v) is 10.5. The average molecular weight is 425 g/mol. The predicted octanol–water partition coefficient (Wildman–Crippen LogP) is 2.46. The molecule has 2 aliphatic rings. The minimum absolute atomic E-state index is 0.0985. The zero-order valence-electron chi connectivity index (χ0n) is 17.6. The Morgan fingerprint density at radius 2 is 2.03 bits per heavy atom. The van der Waals surface area contributed by atoms with Crippen LogP contribution in [0.4, 0.5) is 15.3 Å². The van der Waals surface area contributed by atoms with Crippen LogP contribution in [0.25, 0.3) is 0 Å². The van der Waals surface area contributed by atoms with Gasteiger partial charge >= 0.3 is 18.0 Å². The molecule has 4 rings (SSSR count). The Labute approximate surface area is 180 Å². The number of carbonyl (C=O) groups is 3. The molecule has 164 valence electrons. The molecule has 31 heavy (non-hydrogen) atoms. The Morgan fingerprint density at radius 3 is 2.81 bits per heavy atom. The maximum Gasteiger partial charge on any atom is 0.339 e. The summed E-state index contributed by atoms with van der Waals surface area (Å²) in [4.78, 5) is 38.2. The van der Waals surface area contributed by atoms with Crippen LogP contribution >= 0.6 is 0 Å². The fourth-order valence-corrected chi connectivity index (χ4v) is 4.18. The van der Waals surface area contributed by atoms with Crippen LogP contribution in [0.1, 0.15) is 40.2 Å². The number of carbonyl (C=O) groups excluding carboxylic acids is 3. The van der Waals surface area contributed by atoms with Gasteiger partial charge in [-0.15, -0.1) is 0 Å². The summed E-state index contributed by atoms with van der Waals surface area (Å²) < 4.78 is 7.02. The second-order valence-corrected chi connectivity index (χ2v) is 7.71. The van der Waals surface area contributed by atoms with E-state index in [2.05, 4.69) is 20.5 Å². The highest BCUT2D eigenvalue weighted by Gasteiger charge is 2.23. The number of fused-ring (bicyclic) bond motifs is 1. The standard InChI is InChI=1S/C22H27N5O4/c1-31-20(28)17-12-16(27-10-5-4-8-19(17)27)13-24-21(29)25-18-7-3-2-6-15(18)14-26-11-9-23-22(26)30/h2-3,6-7,12H,4-5,8-11,13-14H2,1H3,(H,23,30)(H2,24,25,29). The number of aromatic nitrogens is 1. The van der Waals surface area contributed by atoms with E-state index in [1.54, 1.807) is 4.90 Å². The van der Waals surface area contributed by atoms with Gasteiger partial charge < -0.3 is 30.2 Å². The van der Waals surface area contributed by atoms with Gasteiger partial charge in [-0.1, -0.05) is 18.2 Å². The molecule has 9 heteroatoms. The molecule has 0 spiro atoms. The van der Waals surface area contributed by atoms with Crippen molar-refractivity contribution in [1.82, 2.24) is 20.1 Å². The lowest BCUT2D eigenvalue weighted by molar-refractivity contribution is 0.0599. The lowest BCUT2D eigenvalue weighted by atomic mass is 10.1. The Kier molecular flexibility index (Phi) is 6.11. The molecule has 0 saturated carbocycles. The van der Waals surface area contributed by atoms with Crippen LogP contribution in [0.5, 0.6) is 0 Å². The third-order valence-electron chi connectivity index (χ3n) is 5.75. The Balaban J connectivity index is 1.42. The summed E-state index contributed by atoms with van der Waals surface area (Å²) in [6.45, 7) is 2.82. The van der Waals surface area contributed by atoms with E-state index in [0.717, 1.165) is 42.8 Å². The molecule has 0 unspecified atom stereocenters. The number of methoxy groups -OCH3 is 1. The minimum Gasteiger partial charge on any atom is -0.465 e. The fourth-order valence-electron chi connectivity index (χ4n) is 4.18. The normalized spacial score (nSPS) is 15.3. The van der Waals surface area contributed by atoms with Gasteiger partial charge in [0.05, 0.1) is 19.2 Å². The van der Waals surface area contributed by atoms with Crippen molar-refractivity contribution in [3.8, 4) is 0 Å². The fraction of sp³-hybridized carbons (Fsp3) is 0.409. The molecule has 2 aromatic rings. The summed E-state index contributed by atoms with van der Waals surface area (Å²) in [6.07, 6.45) is 2.90. The molecule has 2 aliphatic heterocycles. The first-order valence-electron chi connectivity index (χ1n) is 10.5. The summed E-state index contributed by atoms with van der Waals surface area (Å²) >= 11 is 0. The van der Waals surface area contributed by atoms with E-state index < -0.39 is 0 Å². The van der Waals surface area contributed by atoms with Crippen molar-refractivity contribution in [3.05, 3.63) is 52.8 Å². The number of nitrogens with one attached hydrogen (secondary N) is 3. The predicted molar refractivity (Wildman–Crippen MR) is 115 cm³/mol. The van der Waals surface area contributed by atoms with Crippen molar-refractivity contribution in [2.24, 2.45) is 0 Å². The molecule has 4 amide bonds. The minimum atomic E-state index is -0.346. The maximum absolute atomic E-state index is 12.6.